The number of nitrogens with zero attached hydrogens (tertiary/aromatic N) is 1. The highest BCUT2D eigenvalue weighted by atomic mass is 16.4. The molecule has 1 amide bonds. The molecule has 1 N–H and O–H groups in total. The van der Waals surface area contributed by atoms with Crippen LogP contribution in [0.2, 0.25) is 0 Å². The number of furan rings is 1. The van der Waals surface area contributed by atoms with Crippen LogP contribution in [0.1, 0.15) is 36.1 Å². The predicted octanol–water partition coefficient (Wildman–Crippen LogP) is 1.91. The van der Waals surface area contributed by atoms with Crippen molar-refractivity contribution in [2.24, 2.45) is 5.92 Å². The Morgan fingerprint density at radius 1 is 1.50 bits per heavy atom. The summed E-state index contributed by atoms with van der Waals surface area (Å²) in [5.74, 6) is -0.689. The maximum Gasteiger partial charge on any atom is 0.308 e. The Morgan fingerprint density at radius 3 is 2.61 bits per heavy atom. The van der Waals surface area contributed by atoms with Gasteiger partial charge in [-0.15, -0.1) is 0 Å². The number of carboxylic acid groups (broad SMARTS) is 1. The van der Waals surface area contributed by atoms with E-state index in [0.717, 1.165) is 12.8 Å². The molecule has 5 heteroatoms. The Labute approximate surface area is 105 Å². The lowest BCUT2D eigenvalue weighted by atomic mass is 10.1. The van der Waals surface area contributed by atoms with E-state index in [-0.39, 0.29) is 24.3 Å². The first-order chi connectivity index (χ1) is 8.49. The first-order valence-corrected chi connectivity index (χ1v) is 6.09. The van der Waals surface area contributed by atoms with E-state index in [1.54, 1.807) is 30.9 Å². The molecular weight excluding hydrogens is 234 g/mol. The van der Waals surface area contributed by atoms with Crippen LogP contribution in [-0.2, 0) is 4.79 Å². The summed E-state index contributed by atoms with van der Waals surface area (Å²) < 4.78 is 5.31. The molecule has 1 aliphatic carbocycles. The molecular formula is C13H17NO4. The van der Waals surface area contributed by atoms with Crippen LogP contribution in [0.4, 0.5) is 0 Å². The van der Waals surface area contributed by atoms with Gasteiger partial charge in [0.25, 0.3) is 5.91 Å². The van der Waals surface area contributed by atoms with Crippen LogP contribution in [-0.4, -0.2) is 34.5 Å². The summed E-state index contributed by atoms with van der Waals surface area (Å²) in [4.78, 5) is 24.7. The number of hydrogen-bond acceptors (Lipinski definition) is 3. The first kappa shape index (κ1) is 12.7. The molecule has 1 saturated carbocycles. The van der Waals surface area contributed by atoms with Gasteiger partial charge in [-0.05, 0) is 31.9 Å². The minimum absolute atomic E-state index is 0.171. The van der Waals surface area contributed by atoms with E-state index < -0.39 is 11.9 Å². The molecule has 0 saturated heterocycles. The molecule has 98 valence electrons. The van der Waals surface area contributed by atoms with E-state index in [0.29, 0.717) is 5.76 Å². The van der Waals surface area contributed by atoms with Crippen molar-refractivity contribution in [3.05, 3.63) is 23.7 Å². The molecule has 0 aromatic carbocycles. The third-order valence-electron chi connectivity index (χ3n) is 3.09. The van der Waals surface area contributed by atoms with Crippen molar-refractivity contribution in [2.45, 2.75) is 32.7 Å². The number of amides is 1. The zero-order valence-electron chi connectivity index (χ0n) is 10.5. The fourth-order valence-electron chi connectivity index (χ4n) is 1.85. The zero-order valence-corrected chi connectivity index (χ0v) is 10.5. The molecule has 1 fully saturated rings. The molecule has 1 atom stereocenters. The molecule has 18 heavy (non-hydrogen) atoms. The third-order valence-corrected chi connectivity index (χ3v) is 3.09. The van der Waals surface area contributed by atoms with Crippen molar-refractivity contribution in [3.8, 4) is 0 Å². The fourth-order valence-corrected chi connectivity index (χ4v) is 1.85. The molecule has 0 radical (unpaired) electrons. The molecule has 0 spiro atoms. The van der Waals surface area contributed by atoms with Crippen LogP contribution < -0.4 is 0 Å². The van der Waals surface area contributed by atoms with Crippen molar-refractivity contribution >= 4 is 11.9 Å². The molecule has 1 heterocycles. The monoisotopic (exact) mass is 251 g/mol. The number of carbonyl (C=O) groups excluding carboxylic acids is 1. The molecule has 0 bridgehead atoms. The predicted molar refractivity (Wildman–Crippen MR) is 64.3 cm³/mol. The van der Waals surface area contributed by atoms with Crippen LogP contribution in [0.3, 0.4) is 0 Å². The smallest absolute Gasteiger partial charge is 0.308 e. The fraction of sp³-hybridized carbons (Fsp3) is 0.538. The molecule has 1 aromatic rings. The van der Waals surface area contributed by atoms with Crippen molar-refractivity contribution in [1.29, 1.82) is 0 Å². The summed E-state index contributed by atoms with van der Waals surface area (Å²) in [5, 5.41) is 8.93. The van der Waals surface area contributed by atoms with Gasteiger partial charge in [-0.2, -0.15) is 0 Å². The number of aliphatic carboxylic acids is 1. The summed E-state index contributed by atoms with van der Waals surface area (Å²) in [7, 11) is 0. The van der Waals surface area contributed by atoms with Gasteiger partial charge in [-0.3, -0.25) is 9.59 Å². The number of carboxylic acids is 1. The summed E-state index contributed by atoms with van der Waals surface area (Å²) >= 11 is 0. The van der Waals surface area contributed by atoms with E-state index in [9.17, 15) is 9.59 Å². The quantitative estimate of drug-likeness (QED) is 0.867. The van der Waals surface area contributed by atoms with E-state index in [4.69, 9.17) is 9.52 Å². The van der Waals surface area contributed by atoms with Gasteiger partial charge >= 0.3 is 5.97 Å². The maximum absolute atomic E-state index is 12.2. The van der Waals surface area contributed by atoms with Crippen LogP contribution in [0.15, 0.2) is 16.5 Å². The second-order valence-corrected chi connectivity index (χ2v) is 4.84. The summed E-state index contributed by atoms with van der Waals surface area (Å²) in [6.45, 7) is 3.62. The van der Waals surface area contributed by atoms with Gasteiger partial charge in [0, 0.05) is 12.6 Å². The molecule has 1 aromatic heterocycles. The second-order valence-electron chi connectivity index (χ2n) is 4.84. The van der Waals surface area contributed by atoms with Gasteiger partial charge in [0.05, 0.1) is 5.92 Å². The van der Waals surface area contributed by atoms with Crippen molar-refractivity contribution < 1.29 is 19.1 Å². The molecule has 2 rings (SSSR count). The van der Waals surface area contributed by atoms with Crippen LogP contribution in [0.25, 0.3) is 0 Å². The lowest BCUT2D eigenvalue weighted by molar-refractivity contribution is -0.141. The average molecular weight is 251 g/mol. The highest BCUT2D eigenvalue weighted by Crippen LogP contribution is 2.29. The van der Waals surface area contributed by atoms with Gasteiger partial charge in [0.15, 0.2) is 5.76 Å². The normalized spacial score (nSPS) is 16.3. The van der Waals surface area contributed by atoms with E-state index in [2.05, 4.69) is 0 Å². The van der Waals surface area contributed by atoms with Crippen molar-refractivity contribution in [3.63, 3.8) is 0 Å². The lowest BCUT2D eigenvalue weighted by Gasteiger charge is -2.23. The molecule has 5 nitrogen and oxygen atoms in total. The Bertz CT molecular complexity index is 461. The van der Waals surface area contributed by atoms with E-state index in [1.165, 1.54) is 0 Å². The minimum Gasteiger partial charge on any atom is -0.481 e. The van der Waals surface area contributed by atoms with Crippen molar-refractivity contribution in [1.82, 2.24) is 4.90 Å². The van der Waals surface area contributed by atoms with Crippen LogP contribution in [0.5, 0.6) is 0 Å². The van der Waals surface area contributed by atoms with Gasteiger partial charge in [-0.25, -0.2) is 0 Å². The van der Waals surface area contributed by atoms with Gasteiger partial charge in [-0.1, -0.05) is 6.92 Å². The SMILES string of the molecule is Cc1ccc(C(=O)N(CC(C)C(=O)O)C2CC2)o1. The summed E-state index contributed by atoms with van der Waals surface area (Å²) in [6, 6.07) is 3.54. The van der Waals surface area contributed by atoms with Gasteiger partial charge in [0.1, 0.15) is 5.76 Å². The maximum atomic E-state index is 12.2. The topological polar surface area (TPSA) is 70.8 Å². The lowest BCUT2D eigenvalue weighted by Crippen LogP contribution is -2.38. The largest absolute Gasteiger partial charge is 0.481 e. The van der Waals surface area contributed by atoms with Crippen molar-refractivity contribution in [2.75, 3.05) is 6.54 Å². The molecule has 0 aliphatic heterocycles. The minimum atomic E-state index is -0.885. The van der Waals surface area contributed by atoms with Gasteiger partial charge < -0.3 is 14.4 Å². The number of carbonyl (C=O) groups is 2. The highest BCUT2D eigenvalue weighted by molar-refractivity contribution is 5.92. The standard InChI is InChI=1S/C13H17NO4/c1-8(13(16)17)7-14(10-4-5-10)12(15)11-6-3-9(2)18-11/h3,6,8,10H,4-5,7H2,1-2H3,(H,16,17). The Hall–Kier alpha value is -1.78. The summed E-state index contributed by atoms with van der Waals surface area (Å²) in [6.07, 6.45) is 1.88. The summed E-state index contributed by atoms with van der Waals surface area (Å²) in [5.41, 5.74) is 0. The Balaban J connectivity index is 2.10. The number of hydrogen-bond donors (Lipinski definition) is 1. The third kappa shape index (κ3) is 2.72. The van der Waals surface area contributed by atoms with E-state index in [1.807, 2.05) is 0 Å². The van der Waals surface area contributed by atoms with Crippen LogP contribution >= 0.6 is 0 Å². The zero-order chi connectivity index (χ0) is 13.3. The Morgan fingerprint density at radius 2 is 2.17 bits per heavy atom. The molecule has 1 aliphatic rings. The molecule has 1 unspecified atom stereocenters. The number of rotatable bonds is 5. The number of aryl methyl sites for hydroxylation is 1. The average Bonchev–Trinajstić information content (AvgIpc) is 3.07. The first-order valence-electron chi connectivity index (χ1n) is 6.09. The van der Waals surface area contributed by atoms with Crippen LogP contribution in [0, 0.1) is 12.8 Å². The van der Waals surface area contributed by atoms with E-state index >= 15 is 0 Å². The van der Waals surface area contributed by atoms with Gasteiger partial charge in [0.2, 0.25) is 0 Å². The second kappa shape index (κ2) is 4.84. The highest BCUT2D eigenvalue weighted by Gasteiger charge is 2.35. The Kier molecular flexibility index (Phi) is 3.41.